The van der Waals surface area contributed by atoms with Gasteiger partial charge in [0.25, 0.3) is 0 Å². The van der Waals surface area contributed by atoms with E-state index in [4.69, 9.17) is 4.74 Å². The topological polar surface area (TPSA) is 39.8 Å². The number of benzene rings is 2. The van der Waals surface area contributed by atoms with Crippen molar-refractivity contribution >= 4 is 0 Å². The van der Waals surface area contributed by atoms with Crippen molar-refractivity contribution in [2.45, 2.75) is 50.7 Å². The highest BCUT2D eigenvalue weighted by Crippen LogP contribution is 2.20. The van der Waals surface area contributed by atoms with Crippen LogP contribution in [-0.2, 0) is 17.6 Å². The Morgan fingerprint density at radius 1 is 0.571 bits per heavy atom. The second-order valence-corrected chi connectivity index (χ2v) is 10.2. The maximum atomic E-state index is 6.53. The lowest BCUT2D eigenvalue weighted by atomic mass is 10.0. The predicted octanol–water partition coefficient (Wildman–Crippen LogP) is 3.60. The Hall–Kier alpha value is -1.76. The summed E-state index contributed by atoms with van der Waals surface area (Å²) in [6, 6.07) is 21.5. The van der Waals surface area contributed by atoms with Gasteiger partial charge in [0.05, 0.1) is 12.2 Å². The summed E-state index contributed by atoms with van der Waals surface area (Å²) in [6.07, 6.45) is 7.92. The first-order valence-electron chi connectivity index (χ1n) is 13.9. The van der Waals surface area contributed by atoms with E-state index in [0.717, 1.165) is 52.1 Å². The van der Waals surface area contributed by atoms with Gasteiger partial charge in [-0.3, -0.25) is 0 Å². The van der Waals surface area contributed by atoms with Gasteiger partial charge in [-0.2, -0.15) is 0 Å². The minimum atomic E-state index is 0.466. The van der Waals surface area contributed by atoms with Crippen molar-refractivity contribution in [3.05, 3.63) is 71.8 Å². The summed E-state index contributed by atoms with van der Waals surface area (Å²) in [7, 11) is 0. The fraction of sp³-hybridized carbons (Fsp3) is 0.600. The molecule has 2 fully saturated rings. The van der Waals surface area contributed by atoms with Crippen LogP contribution in [0.2, 0.25) is 0 Å². The molecule has 0 spiro atoms. The number of hydrogen-bond donors (Lipinski definition) is 2. The van der Waals surface area contributed by atoms with E-state index < -0.39 is 0 Å². The van der Waals surface area contributed by atoms with Crippen molar-refractivity contribution in [1.29, 1.82) is 0 Å². The summed E-state index contributed by atoms with van der Waals surface area (Å²) >= 11 is 0. The third-order valence-electron chi connectivity index (χ3n) is 7.53. The van der Waals surface area contributed by atoms with Crippen LogP contribution in [0.15, 0.2) is 60.7 Å². The Labute approximate surface area is 213 Å². The largest absolute Gasteiger partial charge is 0.375 e. The van der Waals surface area contributed by atoms with Gasteiger partial charge >= 0.3 is 0 Å². The van der Waals surface area contributed by atoms with E-state index in [0.29, 0.717) is 12.2 Å². The van der Waals surface area contributed by atoms with Crippen LogP contribution in [0.1, 0.15) is 36.8 Å². The monoisotopic (exact) mass is 478 g/mol. The molecule has 0 atom stereocenters. The highest BCUT2D eigenvalue weighted by atomic mass is 16.5. The van der Waals surface area contributed by atoms with E-state index in [1.54, 1.807) is 0 Å². The van der Waals surface area contributed by atoms with Gasteiger partial charge in [-0.15, -0.1) is 0 Å². The summed E-state index contributed by atoms with van der Waals surface area (Å²) in [4.78, 5) is 5.20. The van der Waals surface area contributed by atoms with Crippen LogP contribution < -0.4 is 10.6 Å². The van der Waals surface area contributed by atoms with E-state index in [2.05, 4.69) is 81.1 Å². The molecule has 2 aromatic carbocycles. The minimum Gasteiger partial charge on any atom is -0.375 e. The number of nitrogens with zero attached hydrogens (tertiary/aromatic N) is 2. The average Bonchev–Trinajstić information content (AvgIpc) is 2.91. The Morgan fingerprint density at radius 2 is 0.971 bits per heavy atom. The first kappa shape index (κ1) is 26.3. The standard InChI is InChI=1S/C30H46N4O/c1-3-7-27(8-4-1)11-17-31-19-25-33-21-13-29(14-22-33)35-30-15-23-34(24-16-30)26-20-32-18-12-28-9-5-2-6-10-28/h1-10,29-32H,11-26H2. The predicted molar refractivity (Wildman–Crippen MR) is 146 cm³/mol. The third-order valence-corrected chi connectivity index (χ3v) is 7.53. The van der Waals surface area contributed by atoms with Crippen molar-refractivity contribution in [2.75, 3.05) is 65.4 Å². The smallest absolute Gasteiger partial charge is 0.0603 e. The molecule has 2 aliphatic heterocycles. The van der Waals surface area contributed by atoms with Gasteiger partial charge < -0.3 is 25.2 Å². The van der Waals surface area contributed by atoms with Crippen LogP contribution in [-0.4, -0.2) is 87.5 Å². The van der Waals surface area contributed by atoms with Crippen LogP contribution in [0.4, 0.5) is 0 Å². The number of likely N-dealkylation sites (tertiary alicyclic amines) is 2. The highest BCUT2D eigenvalue weighted by molar-refractivity contribution is 5.15. The third kappa shape index (κ3) is 10.0. The van der Waals surface area contributed by atoms with Crippen LogP contribution in [0.3, 0.4) is 0 Å². The molecule has 2 heterocycles. The second kappa shape index (κ2) is 15.4. The molecule has 192 valence electrons. The molecule has 0 bridgehead atoms. The van der Waals surface area contributed by atoms with Gasteiger partial charge in [0.1, 0.15) is 0 Å². The number of hydrogen-bond acceptors (Lipinski definition) is 5. The first-order valence-corrected chi connectivity index (χ1v) is 13.9. The molecule has 4 rings (SSSR count). The van der Waals surface area contributed by atoms with E-state index in [1.807, 2.05) is 0 Å². The maximum absolute atomic E-state index is 6.53. The van der Waals surface area contributed by atoms with Crippen molar-refractivity contribution in [2.24, 2.45) is 0 Å². The van der Waals surface area contributed by atoms with Crippen LogP contribution in [0.25, 0.3) is 0 Å². The molecule has 2 N–H and O–H groups in total. The number of ether oxygens (including phenoxy) is 1. The Balaban J connectivity index is 0.979. The zero-order valence-electron chi connectivity index (χ0n) is 21.5. The molecule has 5 heteroatoms. The summed E-state index contributed by atoms with van der Waals surface area (Å²) in [6.45, 7) is 11.3. The number of nitrogens with one attached hydrogen (secondary N) is 2. The van der Waals surface area contributed by atoms with Gasteiger partial charge in [0.15, 0.2) is 0 Å². The normalized spacial score (nSPS) is 18.7. The molecular formula is C30H46N4O. The van der Waals surface area contributed by atoms with E-state index in [1.165, 1.54) is 63.0 Å². The van der Waals surface area contributed by atoms with E-state index in [9.17, 15) is 0 Å². The average molecular weight is 479 g/mol. The van der Waals surface area contributed by atoms with Gasteiger partial charge in [-0.05, 0) is 62.7 Å². The SMILES string of the molecule is c1ccc(CCNCCN2CCC(OC3CCN(CCNCCc4ccccc4)CC3)CC2)cc1. The molecule has 35 heavy (non-hydrogen) atoms. The van der Waals surface area contributed by atoms with E-state index in [-0.39, 0.29) is 0 Å². The first-order chi connectivity index (χ1) is 17.3. The lowest BCUT2D eigenvalue weighted by molar-refractivity contribution is -0.0646. The lowest BCUT2D eigenvalue weighted by Gasteiger charge is -2.37. The fourth-order valence-electron chi connectivity index (χ4n) is 5.29. The minimum absolute atomic E-state index is 0.466. The van der Waals surface area contributed by atoms with Gasteiger partial charge in [-0.25, -0.2) is 0 Å². The molecule has 2 saturated heterocycles. The molecule has 0 aromatic heterocycles. The quantitative estimate of drug-likeness (QED) is 0.406. The Morgan fingerprint density at radius 3 is 1.37 bits per heavy atom. The second-order valence-electron chi connectivity index (χ2n) is 10.2. The van der Waals surface area contributed by atoms with Crippen LogP contribution in [0, 0.1) is 0 Å². The fourth-order valence-corrected chi connectivity index (χ4v) is 5.29. The number of piperidine rings is 2. The zero-order chi connectivity index (χ0) is 24.0. The maximum Gasteiger partial charge on any atom is 0.0603 e. The van der Waals surface area contributed by atoms with Crippen LogP contribution in [0.5, 0.6) is 0 Å². The zero-order valence-corrected chi connectivity index (χ0v) is 21.5. The van der Waals surface area contributed by atoms with E-state index >= 15 is 0 Å². The van der Waals surface area contributed by atoms with Gasteiger partial charge in [-0.1, -0.05) is 60.7 Å². The lowest BCUT2D eigenvalue weighted by Crippen LogP contribution is -2.44. The number of rotatable bonds is 14. The van der Waals surface area contributed by atoms with Gasteiger partial charge in [0.2, 0.25) is 0 Å². The summed E-state index contributed by atoms with van der Waals surface area (Å²) in [5, 5.41) is 7.22. The molecule has 0 aliphatic carbocycles. The van der Waals surface area contributed by atoms with Crippen molar-refractivity contribution in [1.82, 2.24) is 20.4 Å². The summed E-state index contributed by atoms with van der Waals surface area (Å²) < 4.78 is 6.53. The molecule has 0 amide bonds. The highest BCUT2D eigenvalue weighted by Gasteiger charge is 2.25. The van der Waals surface area contributed by atoms with Crippen LogP contribution >= 0.6 is 0 Å². The summed E-state index contributed by atoms with van der Waals surface area (Å²) in [5.41, 5.74) is 2.83. The Kier molecular flexibility index (Phi) is 11.6. The van der Waals surface area contributed by atoms with Crippen molar-refractivity contribution in [3.63, 3.8) is 0 Å². The molecule has 0 unspecified atom stereocenters. The Bertz CT molecular complexity index is 719. The summed E-state index contributed by atoms with van der Waals surface area (Å²) in [5.74, 6) is 0. The molecule has 0 saturated carbocycles. The molecular weight excluding hydrogens is 432 g/mol. The molecule has 2 aromatic rings. The van der Waals surface area contributed by atoms with Crippen molar-refractivity contribution in [3.8, 4) is 0 Å². The molecule has 0 radical (unpaired) electrons. The van der Waals surface area contributed by atoms with Gasteiger partial charge in [0, 0.05) is 52.4 Å². The molecule has 5 nitrogen and oxygen atoms in total. The van der Waals surface area contributed by atoms with Crippen molar-refractivity contribution < 1.29 is 4.74 Å². The molecule has 2 aliphatic rings.